The molecule has 1 aromatic heterocycles. The summed E-state index contributed by atoms with van der Waals surface area (Å²) >= 11 is 0. The fourth-order valence-corrected chi connectivity index (χ4v) is 2.72. The fourth-order valence-electron chi connectivity index (χ4n) is 2.72. The highest BCUT2D eigenvalue weighted by atomic mass is 15.1. The predicted octanol–water partition coefficient (Wildman–Crippen LogP) is 3.89. The van der Waals surface area contributed by atoms with Crippen molar-refractivity contribution in [2.45, 2.75) is 52.0 Å². The molecule has 0 spiro atoms. The van der Waals surface area contributed by atoms with Crippen molar-refractivity contribution in [2.75, 3.05) is 17.2 Å². The Morgan fingerprint density at radius 2 is 1.83 bits per heavy atom. The molecule has 0 unspecified atom stereocenters. The van der Waals surface area contributed by atoms with Gasteiger partial charge in [-0.1, -0.05) is 19.4 Å². The first kappa shape index (κ1) is 13.2. The number of nitrogens with zero attached hydrogens (tertiary/aromatic N) is 1. The number of hydrogen-bond acceptors (Lipinski definition) is 3. The zero-order valence-electron chi connectivity index (χ0n) is 11.6. The minimum atomic E-state index is 0.608. The minimum absolute atomic E-state index is 0.608. The van der Waals surface area contributed by atoms with Crippen molar-refractivity contribution in [3.05, 3.63) is 18.2 Å². The van der Waals surface area contributed by atoms with E-state index < -0.39 is 0 Å². The Morgan fingerprint density at radius 3 is 2.50 bits per heavy atom. The smallest absolute Gasteiger partial charge is 0.128 e. The van der Waals surface area contributed by atoms with Crippen LogP contribution in [0.3, 0.4) is 0 Å². The van der Waals surface area contributed by atoms with Crippen LogP contribution in [-0.2, 0) is 0 Å². The number of pyridine rings is 1. The molecule has 1 aliphatic carbocycles. The van der Waals surface area contributed by atoms with Crippen molar-refractivity contribution in [3.63, 3.8) is 0 Å². The quantitative estimate of drug-likeness (QED) is 0.828. The zero-order chi connectivity index (χ0) is 12.8. The van der Waals surface area contributed by atoms with Gasteiger partial charge in [-0.05, 0) is 50.7 Å². The summed E-state index contributed by atoms with van der Waals surface area (Å²) in [4.78, 5) is 4.57. The lowest BCUT2D eigenvalue weighted by atomic mass is 9.84. The number of hydrogen-bond donors (Lipinski definition) is 2. The maximum atomic E-state index is 4.57. The van der Waals surface area contributed by atoms with Crippen molar-refractivity contribution in [1.29, 1.82) is 0 Å². The van der Waals surface area contributed by atoms with E-state index in [2.05, 4.69) is 41.6 Å². The molecule has 0 bridgehead atoms. The van der Waals surface area contributed by atoms with Crippen LogP contribution < -0.4 is 10.6 Å². The fraction of sp³-hybridized carbons (Fsp3) is 0.667. The molecule has 1 heterocycles. The molecule has 3 nitrogen and oxygen atoms in total. The van der Waals surface area contributed by atoms with Gasteiger partial charge >= 0.3 is 0 Å². The van der Waals surface area contributed by atoms with Crippen molar-refractivity contribution in [2.24, 2.45) is 5.92 Å². The molecule has 0 aromatic carbocycles. The van der Waals surface area contributed by atoms with E-state index in [0.717, 1.165) is 24.1 Å². The van der Waals surface area contributed by atoms with Gasteiger partial charge in [0.25, 0.3) is 0 Å². The van der Waals surface area contributed by atoms with Crippen LogP contribution in [0.25, 0.3) is 0 Å². The van der Waals surface area contributed by atoms with Crippen LogP contribution in [0.4, 0.5) is 11.6 Å². The number of anilines is 2. The van der Waals surface area contributed by atoms with Crippen LogP contribution in [0, 0.1) is 5.92 Å². The summed E-state index contributed by atoms with van der Waals surface area (Å²) in [6.45, 7) is 5.31. The van der Waals surface area contributed by atoms with Crippen LogP contribution in [0.15, 0.2) is 18.2 Å². The molecular weight excluding hydrogens is 222 g/mol. The summed E-state index contributed by atoms with van der Waals surface area (Å²) in [6.07, 6.45) is 6.63. The van der Waals surface area contributed by atoms with E-state index in [1.54, 1.807) is 0 Å². The van der Waals surface area contributed by atoms with E-state index in [1.165, 1.54) is 32.1 Å². The van der Waals surface area contributed by atoms with Crippen molar-refractivity contribution in [1.82, 2.24) is 4.98 Å². The Morgan fingerprint density at radius 1 is 1.11 bits per heavy atom. The first-order valence-electron chi connectivity index (χ1n) is 7.29. The standard InChI is InChI=1S/C15H25N3/c1-3-12-8-10-13(11-9-12)17-15-7-5-6-14(18-15)16-4-2/h5-7,12-13H,3-4,8-11H2,1-2H3,(H2,16,17,18). The lowest BCUT2D eigenvalue weighted by Crippen LogP contribution is -2.26. The third-order valence-corrected chi connectivity index (χ3v) is 3.88. The predicted molar refractivity (Wildman–Crippen MR) is 78.1 cm³/mol. The van der Waals surface area contributed by atoms with E-state index >= 15 is 0 Å². The topological polar surface area (TPSA) is 37.0 Å². The van der Waals surface area contributed by atoms with Gasteiger partial charge in [-0.2, -0.15) is 0 Å². The SMILES string of the molecule is CCNc1cccc(NC2CCC(CC)CC2)n1. The van der Waals surface area contributed by atoms with Crippen LogP contribution in [0.1, 0.15) is 46.0 Å². The molecule has 0 radical (unpaired) electrons. The molecule has 3 heteroatoms. The molecule has 1 aliphatic rings. The molecule has 0 saturated heterocycles. The van der Waals surface area contributed by atoms with Gasteiger partial charge in [0, 0.05) is 12.6 Å². The zero-order valence-corrected chi connectivity index (χ0v) is 11.6. The summed E-state index contributed by atoms with van der Waals surface area (Å²) in [7, 11) is 0. The van der Waals surface area contributed by atoms with Gasteiger partial charge in [0.1, 0.15) is 11.6 Å². The molecule has 1 aromatic rings. The second-order valence-corrected chi connectivity index (χ2v) is 5.21. The molecule has 100 valence electrons. The number of rotatable bonds is 5. The average molecular weight is 247 g/mol. The van der Waals surface area contributed by atoms with E-state index in [9.17, 15) is 0 Å². The lowest BCUT2D eigenvalue weighted by Gasteiger charge is -2.28. The summed E-state index contributed by atoms with van der Waals surface area (Å²) < 4.78 is 0. The van der Waals surface area contributed by atoms with Gasteiger partial charge in [0.15, 0.2) is 0 Å². The largest absolute Gasteiger partial charge is 0.370 e. The van der Waals surface area contributed by atoms with Crippen molar-refractivity contribution < 1.29 is 0 Å². The summed E-state index contributed by atoms with van der Waals surface area (Å²) in [5.41, 5.74) is 0. The number of aromatic nitrogens is 1. The maximum Gasteiger partial charge on any atom is 0.128 e. The van der Waals surface area contributed by atoms with Gasteiger partial charge in [-0.25, -0.2) is 4.98 Å². The first-order chi connectivity index (χ1) is 8.81. The molecule has 2 rings (SSSR count). The molecule has 0 aliphatic heterocycles. The van der Waals surface area contributed by atoms with Gasteiger partial charge in [0.05, 0.1) is 0 Å². The van der Waals surface area contributed by atoms with Crippen LogP contribution >= 0.6 is 0 Å². The summed E-state index contributed by atoms with van der Waals surface area (Å²) in [5.74, 6) is 2.92. The average Bonchev–Trinajstić information content (AvgIpc) is 2.40. The Kier molecular flexibility index (Phi) is 4.85. The molecule has 18 heavy (non-hydrogen) atoms. The molecule has 1 fully saturated rings. The Labute approximate surface area is 110 Å². The second-order valence-electron chi connectivity index (χ2n) is 5.21. The van der Waals surface area contributed by atoms with E-state index in [4.69, 9.17) is 0 Å². The van der Waals surface area contributed by atoms with E-state index in [0.29, 0.717) is 6.04 Å². The van der Waals surface area contributed by atoms with E-state index in [1.807, 2.05) is 6.07 Å². The number of nitrogens with one attached hydrogen (secondary N) is 2. The molecule has 1 saturated carbocycles. The highest BCUT2D eigenvalue weighted by Crippen LogP contribution is 2.28. The Hall–Kier alpha value is -1.25. The maximum absolute atomic E-state index is 4.57. The minimum Gasteiger partial charge on any atom is -0.370 e. The van der Waals surface area contributed by atoms with E-state index in [-0.39, 0.29) is 0 Å². The lowest BCUT2D eigenvalue weighted by molar-refractivity contribution is 0.330. The third-order valence-electron chi connectivity index (χ3n) is 3.88. The van der Waals surface area contributed by atoms with Gasteiger partial charge in [0.2, 0.25) is 0 Å². The monoisotopic (exact) mass is 247 g/mol. The molecule has 0 amide bonds. The normalized spacial score (nSPS) is 23.7. The molecule has 0 atom stereocenters. The van der Waals surface area contributed by atoms with Crippen molar-refractivity contribution >= 4 is 11.6 Å². The van der Waals surface area contributed by atoms with Crippen LogP contribution in [0.5, 0.6) is 0 Å². The third kappa shape index (κ3) is 3.62. The van der Waals surface area contributed by atoms with Crippen LogP contribution in [0.2, 0.25) is 0 Å². The molecule has 2 N–H and O–H groups in total. The Balaban J connectivity index is 1.87. The second kappa shape index (κ2) is 6.62. The summed E-state index contributed by atoms with van der Waals surface area (Å²) in [6, 6.07) is 6.75. The first-order valence-corrected chi connectivity index (χ1v) is 7.29. The Bertz CT molecular complexity index is 357. The van der Waals surface area contributed by atoms with Gasteiger partial charge in [-0.15, -0.1) is 0 Å². The highest BCUT2D eigenvalue weighted by Gasteiger charge is 2.19. The van der Waals surface area contributed by atoms with Crippen LogP contribution in [-0.4, -0.2) is 17.6 Å². The van der Waals surface area contributed by atoms with Gasteiger partial charge < -0.3 is 10.6 Å². The summed E-state index contributed by atoms with van der Waals surface area (Å²) in [5, 5.41) is 6.82. The van der Waals surface area contributed by atoms with Gasteiger partial charge in [-0.3, -0.25) is 0 Å². The highest BCUT2D eigenvalue weighted by molar-refractivity contribution is 5.45. The van der Waals surface area contributed by atoms with Crippen molar-refractivity contribution in [3.8, 4) is 0 Å². The molecular formula is C15H25N3.